The second kappa shape index (κ2) is 14.1. The average Bonchev–Trinajstić information content (AvgIpc) is 2.90. The van der Waals surface area contributed by atoms with Gasteiger partial charge < -0.3 is 10.2 Å². The van der Waals surface area contributed by atoms with E-state index in [-0.39, 0.29) is 24.9 Å². The predicted molar refractivity (Wildman–Crippen MR) is 141 cm³/mol. The molecule has 0 saturated carbocycles. The van der Waals surface area contributed by atoms with Crippen molar-refractivity contribution in [3.8, 4) is 12.1 Å². The van der Waals surface area contributed by atoms with Gasteiger partial charge in [-0.15, -0.1) is 0 Å². The molecule has 2 aromatic carbocycles. The first-order valence-corrected chi connectivity index (χ1v) is 12.9. The third-order valence-electron chi connectivity index (χ3n) is 6.40. The van der Waals surface area contributed by atoms with Gasteiger partial charge in [-0.25, -0.2) is 4.39 Å². The summed E-state index contributed by atoms with van der Waals surface area (Å²) in [7, 11) is 0. The Morgan fingerprint density at radius 1 is 1.03 bits per heavy atom. The van der Waals surface area contributed by atoms with Gasteiger partial charge in [-0.2, -0.15) is 23.7 Å². The maximum absolute atomic E-state index is 15.0. The zero-order valence-electron chi connectivity index (χ0n) is 21.3. The van der Waals surface area contributed by atoms with Crippen LogP contribution in [-0.4, -0.2) is 67.7 Å². The Morgan fingerprint density at radius 2 is 1.69 bits per heavy atom. The van der Waals surface area contributed by atoms with E-state index in [1.807, 2.05) is 9.80 Å². The van der Waals surface area contributed by atoms with Crippen LogP contribution >= 0.6 is 11.6 Å². The van der Waals surface area contributed by atoms with E-state index in [1.165, 1.54) is 12.1 Å². The lowest BCUT2D eigenvalue weighted by atomic mass is 10.1. The fraction of sp³-hybridized carbons (Fsp3) is 0.444. The summed E-state index contributed by atoms with van der Waals surface area (Å²) in [6, 6.07) is 13.3. The quantitative estimate of drug-likeness (QED) is 0.366. The fourth-order valence-corrected chi connectivity index (χ4v) is 4.51. The standard InChI is InChI=1S/C27H29ClF4N6O/c28-21-4-6-24(25(18-21)38-15-13-36(14-16-38)12-7-27(30,31)32)35-26(39)22-5-3-20(17-23(22)29)19-37(10-1-8-33)11-2-9-34/h3-6,17-18H,1-2,7,10-16,19H2,(H,35,39). The number of anilines is 2. The third kappa shape index (κ3) is 9.39. The van der Waals surface area contributed by atoms with Crippen molar-refractivity contribution in [2.75, 3.05) is 56.0 Å². The molecule has 1 aliphatic heterocycles. The molecule has 0 aromatic heterocycles. The van der Waals surface area contributed by atoms with E-state index in [0.717, 1.165) is 0 Å². The largest absolute Gasteiger partial charge is 0.390 e. The SMILES string of the molecule is N#CCCN(CCC#N)Cc1ccc(C(=O)Nc2ccc(Cl)cc2N2CCN(CCC(F)(F)F)CC2)c(F)c1. The Balaban J connectivity index is 1.68. The minimum absolute atomic E-state index is 0.0693. The second-order valence-electron chi connectivity index (χ2n) is 9.22. The summed E-state index contributed by atoms with van der Waals surface area (Å²) in [6.07, 6.45) is -4.52. The molecule has 7 nitrogen and oxygen atoms in total. The Morgan fingerprint density at radius 3 is 2.28 bits per heavy atom. The van der Waals surface area contributed by atoms with E-state index in [9.17, 15) is 22.4 Å². The molecule has 12 heteroatoms. The molecule has 1 heterocycles. The summed E-state index contributed by atoms with van der Waals surface area (Å²) < 4.78 is 52.7. The number of hydrogen-bond donors (Lipinski definition) is 1. The highest BCUT2D eigenvalue weighted by Gasteiger charge is 2.29. The van der Waals surface area contributed by atoms with Gasteiger partial charge in [0.25, 0.3) is 5.91 Å². The van der Waals surface area contributed by atoms with Crippen LogP contribution in [-0.2, 0) is 6.54 Å². The highest BCUT2D eigenvalue weighted by atomic mass is 35.5. The molecule has 208 valence electrons. The maximum atomic E-state index is 15.0. The lowest BCUT2D eigenvalue weighted by Gasteiger charge is -2.37. The van der Waals surface area contributed by atoms with Crippen molar-refractivity contribution in [2.45, 2.75) is 32.0 Å². The van der Waals surface area contributed by atoms with E-state index in [4.69, 9.17) is 22.1 Å². The molecular formula is C27H29ClF4N6O. The third-order valence-corrected chi connectivity index (χ3v) is 6.63. The van der Waals surface area contributed by atoms with E-state index < -0.39 is 24.3 Å². The molecule has 0 bridgehead atoms. The fourth-order valence-electron chi connectivity index (χ4n) is 4.34. The van der Waals surface area contributed by atoms with Gasteiger partial charge in [-0.05, 0) is 35.9 Å². The van der Waals surface area contributed by atoms with Crippen LogP contribution in [0.2, 0.25) is 5.02 Å². The number of nitrogens with one attached hydrogen (secondary N) is 1. The first-order valence-electron chi connectivity index (χ1n) is 12.5. The molecule has 0 atom stereocenters. The van der Waals surface area contributed by atoms with Crippen LogP contribution in [0.3, 0.4) is 0 Å². The molecule has 0 radical (unpaired) electrons. The van der Waals surface area contributed by atoms with E-state index in [0.29, 0.717) is 67.8 Å². The number of benzene rings is 2. The Bertz CT molecular complexity index is 1200. The Kier molecular flexibility index (Phi) is 10.9. The Labute approximate surface area is 230 Å². The highest BCUT2D eigenvalue weighted by molar-refractivity contribution is 6.31. The number of carbonyl (C=O) groups excluding carboxylic acids is 1. The topological polar surface area (TPSA) is 86.4 Å². The average molecular weight is 565 g/mol. The first kappa shape index (κ1) is 30.2. The van der Waals surface area contributed by atoms with Crippen LogP contribution in [0.5, 0.6) is 0 Å². The van der Waals surface area contributed by atoms with Crippen LogP contribution in [0.25, 0.3) is 0 Å². The van der Waals surface area contributed by atoms with Crippen molar-refractivity contribution in [2.24, 2.45) is 0 Å². The Hall–Kier alpha value is -3.38. The summed E-state index contributed by atoms with van der Waals surface area (Å²) >= 11 is 6.19. The van der Waals surface area contributed by atoms with Crippen molar-refractivity contribution in [3.63, 3.8) is 0 Å². The molecule has 3 rings (SSSR count). The summed E-state index contributed by atoms with van der Waals surface area (Å²) in [6.45, 7) is 2.88. The molecular weight excluding hydrogens is 536 g/mol. The van der Waals surface area contributed by atoms with Crippen LogP contribution in [0.4, 0.5) is 28.9 Å². The van der Waals surface area contributed by atoms with Crippen LogP contribution < -0.4 is 10.2 Å². The molecule has 1 aliphatic rings. The summed E-state index contributed by atoms with van der Waals surface area (Å²) in [5.74, 6) is -1.36. The van der Waals surface area contributed by atoms with Crippen LogP contribution in [0.15, 0.2) is 36.4 Å². The zero-order chi connectivity index (χ0) is 28.4. The lowest BCUT2D eigenvalue weighted by Crippen LogP contribution is -2.47. The van der Waals surface area contributed by atoms with Crippen molar-refractivity contribution in [1.29, 1.82) is 10.5 Å². The number of alkyl halides is 3. The molecule has 2 aromatic rings. The summed E-state index contributed by atoms with van der Waals surface area (Å²) in [5, 5.41) is 20.9. The molecule has 0 spiro atoms. The van der Waals surface area contributed by atoms with Crippen molar-refractivity contribution in [1.82, 2.24) is 9.80 Å². The van der Waals surface area contributed by atoms with Crippen molar-refractivity contribution in [3.05, 3.63) is 58.4 Å². The van der Waals surface area contributed by atoms with Gasteiger partial charge in [0.2, 0.25) is 0 Å². The molecule has 1 N–H and O–H groups in total. The highest BCUT2D eigenvalue weighted by Crippen LogP contribution is 2.31. The van der Waals surface area contributed by atoms with Gasteiger partial charge in [-0.3, -0.25) is 14.6 Å². The second-order valence-corrected chi connectivity index (χ2v) is 9.65. The minimum Gasteiger partial charge on any atom is -0.367 e. The number of nitrogens with zero attached hydrogens (tertiary/aromatic N) is 5. The molecule has 0 unspecified atom stereocenters. The van der Waals surface area contributed by atoms with Gasteiger partial charge in [0.1, 0.15) is 5.82 Å². The smallest absolute Gasteiger partial charge is 0.367 e. The molecule has 1 amide bonds. The lowest BCUT2D eigenvalue weighted by molar-refractivity contribution is -0.138. The van der Waals surface area contributed by atoms with Crippen LogP contribution in [0, 0.1) is 28.5 Å². The number of nitriles is 2. The molecule has 1 saturated heterocycles. The van der Waals surface area contributed by atoms with Crippen molar-refractivity contribution >= 4 is 28.9 Å². The number of halogens is 5. The minimum atomic E-state index is -4.21. The van der Waals surface area contributed by atoms with Gasteiger partial charge >= 0.3 is 6.18 Å². The predicted octanol–water partition coefficient (Wildman–Crippen LogP) is 5.44. The number of piperazine rings is 1. The zero-order valence-corrected chi connectivity index (χ0v) is 22.0. The van der Waals surface area contributed by atoms with Gasteiger partial charge in [-0.1, -0.05) is 17.7 Å². The summed E-state index contributed by atoms with van der Waals surface area (Å²) in [5.41, 5.74) is 1.47. The van der Waals surface area contributed by atoms with E-state index in [2.05, 4.69) is 17.5 Å². The number of hydrogen-bond acceptors (Lipinski definition) is 6. The molecule has 1 fully saturated rings. The number of amides is 1. The summed E-state index contributed by atoms with van der Waals surface area (Å²) in [4.78, 5) is 18.6. The van der Waals surface area contributed by atoms with Crippen LogP contribution in [0.1, 0.15) is 35.2 Å². The molecule has 0 aliphatic carbocycles. The van der Waals surface area contributed by atoms with Gasteiger partial charge in [0.05, 0.1) is 35.5 Å². The van der Waals surface area contributed by atoms with E-state index in [1.54, 1.807) is 29.2 Å². The maximum Gasteiger partial charge on any atom is 0.390 e. The monoisotopic (exact) mass is 564 g/mol. The van der Waals surface area contributed by atoms with Gasteiger partial charge in [0, 0.05) is 70.2 Å². The molecule has 39 heavy (non-hydrogen) atoms. The van der Waals surface area contributed by atoms with Gasteiger partial charge in [0.15, 0.2) is 0 Å². The first-order chi connectivity index (χ1) is 18.6. The van der Waals surface area contributed by atoms with E-state index >= 15 is 0 Å². The number of rotatable bonds is 11. The normalized spacial score (nSPS) is 14.2. The number of carbonyl (C=O) groups is 1. The van der Waals surface area contributed by atoms with Crippen molar-refractivity contribution < 1.29 is 22.4 Å².